The smallest absolute Gasteiger partial charge is 0.363 e. The van der Waals surface area contributed by atoms with Gasteiger partial charge in [0, 0.05) is 37.9 Å². The molecule has 13 heteroatoms. The van der Waals surface area contributed by atoms with E-state index < -0.39 is 35.0 Å². The summed E-state index contributed by atoms with van der Waals surface area (Å²) in [5.74, 6) is 1.29. The number of anilines is 2. The second-order valence-electron chi connectivity index (χ2n) is 10.3. The van der Waals surface area contributed by atoms with E-state index >= 15 is 0 Å². The molecule has 210 valence electrons. The monoisotopic (exact) mass is 546 g/mol. The Morgan fingerprint density at radius 1 is 0.842 bits per heavy atom. The van der Waals surface area contributed by atoms with Crippen molar-refractivity contribution in [1.82, 2.24) is 20.6 Å². The summed E-state index contributed by atoms with van der Waals surface area (Å²) >= 11 is 0. The number of carbonyl (C=O) groups excluding carboxylic acids is 1. The third-order valence-corrected chi connectivity index (χ3v) is 6.43. The van der Waals surface area contributed by atoms with Gasteiger partial charge in [0.15, 0.2) is 0 Å². The van der Waals surface area contributed by atoms with Crippen molar-refractivity contribution in [1.29, 1.82) is 0 Å². The number of urea groups is 1. The number of rotatable bonds is 6. The summed E-state index contributed by atoms with van der Waals surface area (Å²) in [6.07, 6.45) is -7.27. The molecule has 1 aromatic heterocycles. The molecule has 2 amide bonds. The fraction of sp³-hybridized carbons (Fsp3) is 0.560. The molecule has 38 heavy (non-hydrogen) atoms. The maximum atomic E-state index is 13.3. The molecule has 0 bridgehead atoms. The maximum absolute atomic E-state index is 13.3. The van der Waals surface area contributed by atoms with Crippen molar-refractivity contribution in [3.8, 4) is 0 Å². The average molecular weight is 547 g/mol. The fourth-order valence-electron chi connectivity index (χ4n) is 4.30. The number of carbonyl (C=O) groups is 1. The zero-order chi connectivity index (χ0) is 28.5. The molecule has 1 fully saturated rings. The standard InChI is InChI=1S/C25H32F6N6O/c1-14-10-20(37(4)5)35-21(32-14)33-18-6-8-19(9-7-18)34-22(38)36-23(2,3)15-11-16(24(26,27)28)13-17(12-15)25(29,30)31/h10-13,18-19H,6-9H2,1-5H3,(H,32,33,35)(H2,34,36,38)/t18-,19+. The highest BCUT2D eigenvalue weighted by Gasteiger charge is 2.39. The highest BCUT2D eigenvalue weighted by molar-refractivity contribution is 5.75. The van der Waals surface area contributed by atoms with Crippen molar-refractivity contribution in [2.45, 2.75) is 76.4 Å². The van der Waals surface area contributed by atoms with Gasteiger partial charge in [0.25, 0.3) is 0 Å². The Balaban J connectivity index is 1.61. The molecule has 0 atom stereocenters. The number of amides is 2. The molecule has 0 spiro atoms. The van der Waals surface area contributed by atoms with Crippen molar-refractivity contribution < 1.29 is 31.1 Å². The van der Waals surface area contributed by atoms with Gasteiger partial charge in [0.1, 0.15) is 5.82 Å². The van der Waals surface area contributed by atoms with Gasteiger partial charge in [0.2, 0.25) is 5.95 Å². The molecule has 1 heterocycles. The predicted octanol–water partition coefficient (Wildman–Crippen LogP) is 5.85. The van der Waals surface area contributed by atoms with Gasteiger partial charge in [-0.15, -0.1) is 0 Å². The highest BCUT2D eigenvalue weighted by atomic mass is 19.4. The molecule has 3 rings (SSSR count). The third-order valence-electron chi connectivity index (χ3n) is 6.43. The number of hydrogen-bond acceptors (Lipinski definition) is 5. The van der Waals surface area contributed by atoms with Crippen molar-refractivity contribution in [3.63, 3.8) is 0 Å². The molecule has 7 nitrogen and oxygen atoms in total. The van der Waals surface area contributed by atoms with Crippen molar-refractivity contribution in [2.75, 3.05) is 24.3 Å². The van der Waals surface area contributed by atoms with Gasteiger partial charge < -0.3 is 20.9 Å². The first kappa shape index (κ1) is 29.3. The molecule has 1 aliphatic carbocycles. The number of aromatic nitrogens is 2. The number of hydrogen-bond donors (Lipinski definition) is 3. The Hall–Kier alpha value is -3.25. The first-order valence-corrected chi connectivity index (χ1v) is 12.1. The summed E-state index contributed by atoms with van der Waals surface area (Å²) in [6.45, 7) is 4.59. The highest BCUT2D eigenvalue weighted by Crippen LogP contribution is 2.38. The van der Waals surface area contributed by atoms with Crippen LogP contribution in [0.25, 0.3) is 0 Å². The van der Waals surface area contributed by atoms with Crippen LogP contribution in [0.5, 0.6) is 0 Å². The largest absolute Gasteiger partial charge is 0.416 e. The summed E-state index contributed by atoms with van der Waals surface area (Å²) in [7, 11) is 3.77. The van der Waals surface area contributed by atoms with E-state index in [0.717, 1.165) is 11.5 Å². The minimum Gasteiger partial charge on any atom is -0.363 e. The number of nitrogens with one attached hydrogen (secondary N) is 3. The van der Waals surface area contributed by atoms with Crippen LogP contribution in [0.4, 0.5) is 42.9 Å². The molecular weight excluding hydrogens is 514 g/mol. The van der Waals surface area contributed by atoms with E-state index in [1.165, 1.54) is 13.8 Å². The van der Waals surface area contributed by atoms with Crippen molar-refractivity contribution in [3.05, 3.63) is 46.6 Å². The van der Waals surface area contributed by atoms with Crippen LogP contribution in [0.3, 0.4) is 0 Å². The lowest BCUT2D eigenvalue weighted by Gasteiger charge is -2.32. The number of halogens is 6. The van der Waals surface area contributed by atoms with Gasteiger partial charge in [-0.3, -0.25) is 0 Å². The summed E-state index contributed by atoms with van der Waals surface area (Å²) in [5.41, 5.74) is -3.85. The summed E-state index contributed by atoms with van der Waals surface area (Å²) in [4.78, 5) is 23.5. The van der Waals surface area contributed by atoms with Gasteiger partial charge in [-0.2, -0.15) is 31.3 Å². The Morgan fingerprint density at radius 2 is 1.34 bits per heavy atom. The van der Waals surface area contributed by atoms with Gasteiger partial charge in [0.05, 0.1) is 16.7 Å². The minimum atomic E-state index is -4.97. The number of aryl methyl sites for hydroxylation is 1. The van der Waals surface area contributed by atoms with Gasteiger partial charge >= 0.3 is 18.4 Å². The van der Waals surface area contributed by atoms with E-state index in [9.17, 15) is 31.1 Å². The molecule has 3 N–H and O–H groups in total. The lowest BCUT2D eigenvalue weighted by atomic mass is 9.90. The lowest BCUT2D eigenvalue weighted by molar-refractivity contribution is -0.143. The zero-order valence-corrected chi connectivity index (χ0v) is 21.8. The van der Waals surface area contributed by atoms with E-state index in [-0.39, 0.29) is 23.7 Å². The fourth-order valence-corrected chi connectivity index (χ4v) is 4.30. The van der Waals surface area contributed by atoms with Crippen LogP contribution in [0, 0.1) is 6.92 Å². The molecule has 0 aliphatic heterocycles. The first-order valence-electron chi connectivity index (χ1n) is 12.1. The second-order valence-corrected chi connectivity index (χ2v) is 10.3. The topological polar surface area (TPSA) is 82.2 Å². The molecule has 1 aliphatic rings. The SMILES string of the molecule is Cc1cc(N(C)C)nc(N[C@H]2CC[C@@H](NC(=O)NC(C)(C)c3cc(C(F)(F)F)cc(C(F)(F)F)c3)CC2)n1. The number of benzene rings is 1. The summed E-state index contributed by atoms with van der Waals surface area (Å²) in [5, 5.41) is 8.64. The van der Waals surface area contributed by atoms with E-state index in [4.69, 9.17) is 0 Å². The van der Waals surface area contributed by atoms with Crippen LogP contribution < -0.4 is 20.9 Å². The Morgan fingerprint density at radius 3 is 1.84 bits per heavy atom. The van der Waals surface area contributed by atoms with Crippen LogP contribution in [0.15, 0.2) is 24.3 Å². The Bertz CT molecular complexity index is 1110. The zero-order valence-electron chi connectivity index (χ0n) is 21.8. The molecule has 0 unspecified atom stereocenters. The number of nitrogens with zero attached hydrogens (tertiary/aromatic N) is 3. The van der Waals surface area contributed by atoms with Crippen LogP contribution in [-0.2, 0) is 17.9 Å². The normalized spacial score (nSPS) is 18.6. The Kier molecular flexibility index (Phi) is 8.37. The van der Waals surface area contributed by atoms with Crippen molar-refractivity contribution >= 4 is 17.8 Å². The second kappa shape index (κ2) is 10.9. The Labute approximate surface area is 217 Å². The first-order chi connectivity index (χ1) is 17.4. The lowest BCUT2D eigenvalue weighted by Crippen LogP contribution is -2.50. The van der Waals surface area contributed by atoms with E-state index in [2.05, 4.69) is 25.9 Å². The number of alkyl halides is 6. The molecular formula is C25H32F6N6O. The molecule has 0 saturated heterocycles. The van der Waals surface area contributed by atoms with Gasteiger partial charge in [-0.05, 0) is 70.2 Å². The molecule has 0 radical (unpaired) electrons. The summed E-state index contributed by atoms with van der Waals surface area (Å²) < 4.78 is 79.5. The van der Waals surface area contributed by atoms with Crippen LogP contribution in [0.1, 0.15) is 61.9 Å². The third kappa shape index (κ3) is 7.64. The average Bonchev–Trinajstić information content (AvgIpc) is 2.78. The van der Waals surface area contributed by atoms with Gasteiger partial charge in [-0.1, -0.05) is 0 Å². The van der Waals surface area contributed by atoms with E-state index in [1.807, 2.05) is 32.0 Å². The van der Waals surface area contributed by atoms with Crippen molar-refractivity contribution in [2.24, 2.45) is 0 Å². The van der Waals surface area contributed by atoms with E-state index in [0.29, 0.717) is 43.8 Å². The minimum absolute atomic E-state index is 0.0647. The van der Waals surface area contributed by atoms with E-state index in [1.54, 1.807) is 0 Å². The quantitative estimate of drug-likeness (QED) is 0.397. The molecule has 1 saturated carbocycles. The van der Waals surface area contributed by atoms with Gasteiger partial charge in [-0.25, -0.2) is 9.78 Å². The summed E-state index contributed by atoms with van der Waals surface area (Å²) in [6, 6.07) is 2.41. The predicted molar refractivity (Wildman–Crippen MR) is 132 cm³/mol. The van der Waals surface area contributed by atoms with Crippen LogP contribution in [-0.4, -0.2) is 42.2 Å². The van der Waals surface area contributed by atoms with Crippen LogP contribution >= 0.6 is 0 Å². The maximum Gasteiger partial charge on any atom is 0.416 e. The molecule has 1 aromatic carbocycles. The molecule has 2 aromatic rings. The van der Waals surface area contributed by atoms with Crippen LogP contribution in [0.2, 0.25) is 0 Å².